The maximum absolute atomic E-state index is 12.0. The Morgan fingerprint density at radius 3 is 2.52 bits per heavy atom. The highest BCUT2D eigenvalue weighted by atomic mass is 16.6. The maximum Gasteiger partial charge on any atom is 0.340 e. The number of ether oxygens (including phenoxy) is 2. The Balaban J connectivity index is 3.61. The molecule has 0 aliphatic heterocycles. The van der Waals surface area contributed by atoms with Crippen LogP contribution in [0.1, 0.15) is 35.5 Å². The van der Waals surface area contributed by atoms with Crippen molar-refractivity contribution < 1.29 is 19.4 Å². The summed E-state index contributed by atoms with van der Waals surface area (Å²) >= 11 is 0. The van der Waals surface area contributed by atoms with Crippen molar-refractivity contribution in [3.8, 4) is 6.07 Å². The Hall–Kier alpha value is -2.75. The minimum absolute atomic E-state index is 0.0132. The average molecular weight is 292 g/mol. The van der Waals surface area contributed by atoms with Gasteiger partial charge in [0.2, 0.25) is 5.56 Å². The van der Waals surface area contributed by atoms with Gasteiger partial charge in [-0.05, 0) is 26.3 Å². The Morgan fingerprint density at radius 1 is 1.38 bits per heavy atom. The Morgan fingerprint density at radius 2 is 2.00 bits per heavy atom. The van der Waals surface area contributed by atoms with Gasteiger partial charge in [0.15, 0.2) is 5.57 Å². The number of pyridine rings is 1. The van der Waals surface area contributed by atoms with E-state index in [4.69, 9.17) is 9.47 Å². The SMILES string of the molecule is CCOC(=O)c1c(C)cc(=O)[nH]c1C(C#N)=C(O)OCC. The molecule has 112 valence electrons. The molecule has 1 rings (SSSR count). The number of carbonyl (C=O) groups is 1. The molecule has 0 aliphatic rings. The molecule has 0 aliphatic carbocycles. The van der Waals surface area contributed by atoms with Gasteiger partial charge < -0.3 is 19.6 Å². The van der Waals surface area contributed by atoms with Crippen molar-refractivity contribution in [2.24, 2.45) is 0 Å². The van der Waals surface area contributed by atoms with E-state index < -0.39 is 17.5 Å². The fraction of sp³-hybridized carbons (Fsp3) is 0.357. The second kappa shape index (κ2) is 7.14. The van der Waals surface area contributed by atoms with Crippen molar-refractivity contribution in [1.29, 1.82) is 5.26 Å². The van der Waals surface area contributed by atoms with Gasteiger partial charge in [0.05, 0.1) is 24.5 Å². The van der Waals surface area contributed by atoms with E-state index in [1.54, 1.807) is 19.9 Å². The van der Waals surface area contributed by atoms with Gasteiger partial charge in [-0.1, -0.05) is 0 Å². The van der Waals surface area contributed by atoms with E-state index >= 15 is 0 Å². The van der Waals surface area contributed by atoms with Crippen molar-refractivity contribution in [3.05, 3.63) is 39.2 Å². The first-order valence-corrected chi connectivity index (χ1v) is 6.33. The number of aliphatic hydroxyl groups is 1. The minimum Gasteiger partial charge on any atom is -0.480 e. The van der Waals surface area contributed by atoms with Crippen LogP contribution in [0.5, 0.6) is 0 Å². The number of hydrogen-bond donors (Lipinski definition) is 2. The topological polar surface area (TPSA) is 112 Å². The van der Waals surface area contributed by atoms with Crippen molar-refractivity contribution in [1.82, 2.24) is 4.98 Å². The highest BCUT2D eigenvalue weighted by Crippen LogP contribution is 2.22. The highest BCUT2D eigenvalue weighted by molar-refractivity contribution is 5.97. The van der Waals surface area contributed by atoms with Crippen LogP contribution in [-0.4, -0.2) is 29.3 Å². The fourth-order valence-electron chi connectivity index (χ4n) is 1.76. The molecule has 0 unspecified atom stereocenters. The lowest BCUT2D eigenvalue weighted by atomic mass is 10.0. The number of nitrogens with zero attached hydrogens (tertiary/aromatic N) is 1. The molecular formula is C14H16N2O5. The number of aliphatic hydroxyl groups excluding tert-OH is 1. The van der Waals surface area contributed by atoms with E-state index in [-0.39, 0.29) is 30.0 Å². The average Bonchev–Trinajstić information content (AvgIpc) is 2.39. The molecule has 21 heavy (non-hydrogen) atoms. The van der Waals surface area contributed by atoms with Crippen molar-refractivity contribution in [2.75, 3.05) is 13.2 Å². The summed E-state index contributed by atoms with van der Waals surface area (Å²) in [6.45, 7) is 5.06. The predicted molar refractivity (Wildman–Crippen MR) is 74.5 cm³/mol. The first kappa shape index (κ1) is 16.3. The van der Waals surface area contributed by atoms with Crippen molar-refractivity contribution in [2.45, 2.75) is 20.8 Å². The molecule has 2 N–H and O–H groups in total. The lowest BCUT2D eigenvalue weighted by Gasteiger charge is -2.11. The van der Waals surface area contributed by atoms with Crippen LogP contribution in [-0.2, 0) is 9.47 Å². The lowest BCUT2D eigenvalue weighted by Crippen LogP contribution is -2.18. The third kappa shape index (κ3) is 3.63. The van der Waals surface area contributed by atoms with Crippen LogP contribution in [0.25, 0.3) is 5.57 Å². The Bertz CT molecular complexity index is 667. The van der Waals surface area contributed by atoms with Gasteiger partial charge in [0.25, 0.3) is 5.95 Å². The lowest BCUT2D eigenvalue weighted by molar-refractivity contribution is 0.0524. The zero-order valence-electron chi connectivity index (χ0n) is 12.0. The summed E-state index contributed by atoms with van der Waals surface area (Å²) in [4.78, 5) is 26.0. The summed E-state index contributed by atoms with van der Waals surface area (Å²) in [6.07, 6.45) is 0. The number of H-pyrrole nitrogens is 1. The van der Waals surface area contributed by atoms with Gasteiger partial charge in [-0.15, -0.1) is 0 Å². The molecule has 0 amide bonds. The number of nitriles is 1. The Labute approximate surface area is 121 Å². The van der Waals surface area contributed by atoms with Crippen LogP contribution >= 0.6 is 0 Å². The minimum atomic E-state index is -0.696. The van der Waals surface area contributed by atoms with E-state index in [1.807, 2.05) is 0 Å². The number of aromatic nitrogens is 1. The summed E-state index contributed by atoms with van der Waals surface area (Å²) in [7, 11) is 0. The first-order valence-electron chi connectivity index (χ1n) is 6.33. The molecule has 0 spiro atoms. The smallest absolute Gasteiger partial charge is 0.340 e. The third-order valence-electron chi connectivity index (χ3n) is 2.58. The zero-order valence-corrected chi connectivity index (χ0v) is 12.0. The van der Waals surface area contributed by atoms with Crippen LogP contribution in [0, 0.1) is 18.3 Å². The molecule has 0 atom stereocenters. The quantitative estimate of drug-likeness (QED) is 0.484. The number of nitrogens with one attached hydrogen (secondary N) is 1. The zero-order chi connectivity index (χ0) is 16.0. The van der Waals surface area contributed by atoms with Crippen LogP contribution in [0.4, 0.5) is 0 Å². The number of aromatic amines is 1. The second-order valence-electron chi connectivity index (χ2n) is 4.01. The summed E-state index contributed by atoms with van der Waals surface area (Å²) in [5, 5.41) is 18.9. The first-order chi connectivity index (χ1) is 9.96. The number of rotatable bonds is 5. The van der Waals surface area contributed by atoms with Crippen molar-refractivity contribution in [3.63, 3.8) is 0 Å². The fourth-order valence-corrected chi connectivity index (χ4v) is 1.76. The number of allylic oxidation sites excluding steroid dienone is 1. The van der Waals surface area contributed by atoms with Crippen LogP contribution in [0.2, 0.25) is 0 Å². The summed E-state index contributed by atoms with van der Waals surface area (Å²) in [6, 6.07) is 2.93. The van der Waals surface area contributed by atoms with Gasteiger partial charge in [0.1, 0.15) is 6.07 Å². The standard InChI is InChI=1S/C14H16N2O5/c1-4-20-13(18)9(7-15)12-11(14(19)21-5-2)8(3)6-10(17)16-12/h6,18H,4-5H2,1-3H3,(H,16,17). The molecule has 0 saturated heterocycles. The number of hydrogen-bond acceptors (Lipinski definition) is 6. The molecule has 0 radical (unpaired) electrons. The molecule has 0 fully saturated rings. The highest BCUT2D eigenvalue weighted by Gasteiger charge is 2.23. The molecule has 0 aromatic carbocycles. The molecule has 1 aromatic rings. The van der Waals surface area contributed by atoms with E-state index in [0.29, 0.717) is 5.56 Å². The second-order valence-corrected chi connectivity index (χ2v) is 4.01. The predicted octanol–water partition coefficient (Wildman–Crippen LogP) is 1.65. The van der Waals surface area contributed by atoms with Gasteiger partial charge in [-0.3, -0.25) is 4.79 Å². The monoisotopic (exact) mass is 292 g/mol. The van der Waals surface area contributed by atoms with E-state index in [9.17, 15) is 20.0 Å². The normalized spacial score (nSPS) is 11.3. The third-order valence-corrected chi connectivity index (χ3v) is 2.58. The number of carbonyl (C=O) groups excluding carboxylic acids is 1. The van der Waals surface area contributed by atoms with Crippen LogP contribution in [0.3, 0.4) is 0 Å². The van der Waals surface area contributed by atoms with Crippen molar-refractivity contribution >= 4 is 11.5 Å². The molecular weight excluding hydrogens is 276 g/mol. The summed E-state index contributed by atoms with van der Waals surface area (Å²) in [5.41, 5.74) is -0.608. The molecule has 7 nitrogen and oxygen atoms in total. The van der Waals surface area contributed by atoms with E-state index in [2.05, 4.69) is 4.98 Å². The molecule has 7 heteroatoms. The summed E-state index contributed by atoms with van der Waals surface area (Å²) in [5.74, 6) is -1.36. The maximum atomic E-state index is 12.0. The van der Waals surface area contributed by atoms with Gasteiger partial charge in [-0.2, -0.15) is 5.26 Å². The molecule has 0 bridgehead atoms. The largest absolute Gasteiger partial charge is 0.480 e. The molecule has 1 aromatic heterocycles. The van der Waals surface area contributed by atoms with Gasteiger partial charge >= 0.3 is 5.97 Å². The van der Waals surface area contributed by atoms with E-state index in [0.717, 1.165) is 0 Å². The number of esters is 1. The summed E-state index contributed by atoms with van der Waals surface area (Å²) < 4.78 is 9.77. The van der Waals surface area contributed by atoms with Gasteiger partial charge in [0, 0.05) is 6.07 Å². The Kier molecular flexibility index (Phi) is 5.55. The molecule has 0 saturated carbocycles. The molecule has 1 heterocycles. The van der Waals surface area contributed by atoms with Crippen LogP contribution < -0.4 is 5.56 Å². The number of aryl methyl sites for hydroxylation is 1. The van der Waals surface area contributed by atoms with E-state index in [1.165, 1.54) is 13.0 Å². The van der Waals surface area contributed by atoms with Crippen LogP contribution in [0.15, 0.2) is 16.8 Å². The van der Waals surface area contributed by atoms with Gasteiger partial charge in [-0.25, -0.2) is 4.79 Å².